The molecule has 0 amide bonds. The van der Waals surface area contributed by atoms with Crippen LogP contribution in [-0.4, -0.2) is 24.8 Å². The van der Waals surface area contributed by atoms with Crippen LogP contribution >= 0.6 is 68.0 Å². The van der Waals surface area contributed by atoms with Crippen LogP contribution in [0.15, 0.2) is 35.0 Å². The van der Waals surface area contributed by atoms with E-state index in [1.54, 1.807) is 45.3 Å². The summed E-state index contributed by atoms with van der Waals surface area (Å²) >= 11 is 10.6. The first-order valence-electron chi connectivity index (χ1n) is 24.6. The second-order valence-corrected chi connectivity index (χ2v) is 23.9. The predicted molar refractivity (Wildman–Crippen MR) is 287 cm³/mol. The molecule has 346 valence electrons. The molecule has 64 heavy (non-hydrogen) atoms. The molecule has 7 aromatic rings. The second-order valence-electron chi connectivity index (χ2n) is 18.0. The highest BCUT2D eigenvalue weighted by atomic mass is 32.1. The van der Waals surface area contributed by atoms with Crippen LogP contribution in [0.3, 0.4) is 0 Å². The monoisotopic (exact) mass is 974 g/mol. The third-order valence-corrected chi connectivity index (χ3v) is 20.6. The number of carbonyl (C=O) groups is 2. The van der Waals surface area contributed by atoms with E-state index in [9.17, 15) is 9.59 Å². The lowest BCUT2D eigenvalue weighted by molar-refractivity contribution is 0.0905. The van der Waals surface area contributed by atoms with Gasteiger partial charge in [-0.2, -0.15) is 0 Å². The van der Waals surface area contributed by atoms with Crippen molar-refractivity contribution in [2.75, 3.05) is 13.2 Å². The number of Topliss-reactive ketones (excluding diaryl/α,β-unsaturated/α-hetero) is 2. The van der Waals surface area contributed by atoms with Crippen LogP contribution in [0.2, 0.25) is 0 Å². The molecule has 1 aromatic carbocycles. The summed E-state index contributed by atoms with van der Waals surface area (Å²) in [6.07, 6.45) is 17.4. The van der Waals surface area contributed by atoms with Crippen LogP contribution < -0.4 is 9.47 Å². The summed E-state index contributed by atoms with van der Waals surface area (Å²) < 4.78 is 19.1. The molecule has 6 aromatic heterocycles. The molecule has 10 heteroatoms. The highest BCUT2D eigenvalue weighted by Crippen LogP contribution is 2.56. The van der Waals surface area contributed by atoms with Gasteiger partial charge in [0, 0.05) is 53.9 Å². The van der Waals surface area contributed by atoms with E-state index in [0.717, 1.165) is 118 Å². The Labute approximate surface area is 406 Å². The molecule has 7 rings (SSSR count). The maximum atomic E-state index is 13.8. The van der Waals surface area contributed by atoms with Crippen molar-refractivity contribution in [2.24, 2.45) is 23.7 Å². The van der Waals surface area contributed by atoms with E-state index in [4.69, 9.17) is 9.47 Å². The Bertz CT molecular complexity index is 2380. The van der Waals surface area contributed by atoms with Gasteiger partial charge in [0.15, 0.2) is 11.6 Å². The minimum atomic E-state index is 0.0866. The summed E-state index contributed by atoms with van der Waals surface area (Å²) in [7, 11) is 0. The Morgan fingerprint density at radius 1 is 0.484 bits per heavy atom. The molecule has 0 saturated carbocycles. The Morgan fingerprint density at radius 3 is 1.23 bits per heavy atom. The molecular formula is C54H70O4S6. The zero-order chi connectivity index (χ0) is 45.3. The molecule has 4 nitrogen and oxygen atoms in total. The number of hydrogen-bond donors (Lipinski definition) is 0. The normalized spacial score (nSPS) is 14.0. The summed E-state index contributed by atoms with van der Waals surface area (Å²) in [5, 5.41) is 9.08. The van der Waals surface area contributed by atoms with Gasteiger partial charge in [0.1, 0.15) is 11.5 Å². The van der Waals surface area contributed by atoms with Crippen molar-refractivity contribution < 1.29 is 19.1 Å². The Morgan fingerprint density at radius 2 is 0.875 bits per heavy atom. The molecule has 0 aliphatic heterocycles. The molecule has 0 bridgehead atoms. The van der Waals surface area contributed by atoms with Crippen LogP contribution in [0.5, 0.6) is 11.5 Å². The molecular weight excluding hydrogens is 905 g/mol. The van der Waals surface area contributed by atoms with Crippen molar-refractivity contribution in [1.29, 1.82) is 0 Å². The summed E-state index contributed by atoms with van der Waals surface area (Å²) in [4.78, 5) is 34.3. The van der Waals surface area contributed by atoms with Crippen molar-refractivity contribution in [2.45, 2.75) is 158 Å². The van der Waals surface area contributed by atoms with Crippen molar-refractivity contribution in [3.8, 4) is 31.0 Å². The first kappa shape index (κ1) is 49.3. The number of benzene rings is 1. The van der Waals surface area contributed by atoms with Crippen molar-refractivity contribution in [3.05, 3.63) is 44.8 Å². The maximum Gasteiger partial charge on any atom is 0.175 e. The number of rotatable bonds is 28. The van der Waals surface area contributed by atoms with Crippen molar-refractivity contribution in [3.63, 3.8) is 0 Å². The number of ether oxygens (including phenoxy) is 2. The third kappa shape index (κ3) is 10.7. The van der Waals surface area contributed by atoms with Crippen LogP contribution in [-0.2, 0) is 0 Å². The molecule has 4 unspecified atom stereocenters. The van der Waals surface area contributed by atoms with Crippen molar-refractivity contribution >= 4 is 120 Å². The number of hydrogen-bond acceptors (Lipinski definition) is 10. The van der Waals surface area contributed by atoms with E-state index in [0.29, 0.717) is 36.6 Å². The largest absolute Gasteiger partial charge is 0.491 e. The lowest BCUT2D eigenvalue weighted by atomic mass is 9.94. The van der Waals surface area contributed by atoms with E-state index in [-0.39, 0.29) is 11.8 Å². The molecule has 4 atom stereocenters. The van der Waals surface area contributed by atoms with Gasteiger partial charge in [-0.15, -0.1) is 68.0 Å². The fourth-order valence-corrected chi connectivity index (χ4v) is 16.5. The summed E-state index contributed by atoms with van der Waals surface area (Å²) in [5.74, 6) is 3.68. The minimum absolute atomic E-state index is 0.0866. The average Bonchev–Trinajstić information content (AvgIpc) is 4.17. The smallest absolute Gasteiger partial charge is 0.175 e. The van der Waals surface area contributed by atoms with E-state index >= 15 is 0 Å². The molecule has 0 aliphatic carbocycles. The zero-order valence-electron chi connectivity index (χ0n) is 39.6. The zero-order valence-corrected chi connectivity index (χ0v) is 44.5. The summed E-state index contributed by atoms with van der Waals surface area (Å²) in [5.41, 5.74) is 0. The van der Waals surface area contributed by atoms with Gasteiger partial charge in [-0.05, 0) is 74.6 Å². The van der Waals surface area contributed by atoms with Gasteiger partial charge in [-0.25, -0.2) is 0 Å². The average molecular weight is 976 g/mol. The maximum absolute atomic E-state index is 13.8. The van der Waals surface area contributed by atoms with E-state index in [1.165, 1.54) is 65.4 Å². The van der Waals surface area contributed by atoms with Gasteiger partial charge < -0.3 is 9.47 Å². The van der Waals surface area contributed by atoms with Gasteiger partial charge in [0.05, 0.1) is 51.5 Å². The van der Waals surface area contributed by atoms with Gasteiger partial charge >= 0.3 is 0 Å². The molecule has 0 aliphatic rings. The SMILES string of the molecule is CCCCC(CC)COc1c2cc(-c3scc4cc(C(=O)C(CC)CCCC)sc34)sc2c(OCC(CC)CCCC)c2cc(-c3scc4cc(C(=O)C(CC)CCCC)sc34)sc12. The first-order chi connectivity index (χ1) is 31.2. The Balaban J connectivity index is 1.38. The number of fused-ring (bicyclic) bond motifs is 4. The molecule has 0 radical (unpaired) electrons. The molecule has 0 saturated heterocycles. The summed E-state index contributed by atoms with van der Waals surface area (Å²) in [6, 6.07) is 9.04. The lowest BCUT2D eigenvalue weighted by Gasteiger charge is -2.19. The fourth-order valence-electron chi connectivity index (χ4n) is 9.03. The van der Waals surface area contributed by atoms with Gasteiger partial charge in [0.25, 0.3) is 0 Å². The van der Waals surface area contributed by atoms with Crippen LogP contribution in [0.1, 0.15) is 177 Å². The highest BCUT2D eigenvalue weighted by molar-refractivity contribution is 7.32. The van der Waals surface area contributed by atoms with Gasteiger partial charge in [0.2, 0.25) is 0 Å². The van der Waals surface area contributed by atoms with Crippen LogP contribution in [0, 0.1) is 23.7 Å². The number of carbonyl (C=O) groups excluding carboxylic acids is 2. The number of thiophene rings is 6. The van der Waals surface area contributed by atoms with Gasteiger partial charge in [-0.3, -0.25) is 9.59 Å². The quantitative estimate of drug-likeness (QED) is 0.0459. The van der Waals surface area contributed by atoms with E-state index in [2.05, 4.69) is 90.4 Å². The third-order valence-electron chi connectivity index (χ3n) is 13.4. The second kappa shape index (κ2) is 23.4. The highest BCUT2D eigenvalue weighted by Gasteiger charge is 2.28. The minimum Gasteiger partial charge on any atom is -0.491 e. The summed E-state index contributed by atoms with van der Waals surface area (Å²) in [6.45, 7) is 19.2. The molecule has 6 heterocycles. The lowest BCUT2D eigenvalue weighted by Crippen LogP contribution is -2.12. The molecule has 0 spiro atoms. The van der Waals surface area contributed by atoms with E-state index < -0.39 is 0 Å². The van der Waals surface area contributed by atoms with Crippen molar-refractivity contribution in [1.82, 2.24) is 0 Å². The Hall–Kier alpha value is -2.60. The van der Waals surface area contributed by atoms with Crippen LogP contribution in [0.25, 0.3) is 59.9 Å². The van der Waals surface area contributed by atoms with Gasteiger partial charge in [-0.1, -0.05) is 120 Å². The standard InChI is InChI=1S/C54H70O4S6/c1-9-17-21-33(13-5)29-57-47-39-27-43(53-49-37(31-59-53)25-41(61-49)45(55)35(15-7)23-19-11-3)64-52(39)48(58-30-34(14-6)22-18-10-2)40-28-44(63-51(40)47)54-50-38(32-60-54)26-42(62-50)46(56)36(16-8)24-20-12-4/h25-28,31-36H,9-24,29-30H2,1-8H3. The Kier molecular flexibility index (Phi) is 18.0. The number of ketones is 2. The first-order valence-corrected chi connectivity index (χ1v) is 29.6. The number of unbranched alkanes of at least 4 members (excludes halogenated alkanes) is 4. The fraction of sp³-hybridized carbons (Fsp3) is 0.556. The topological polar surface area (TPSA) is 52.6 Å². The van der Waals surface area contributed by atoms with E-state index in [1.807, 2.05) is 22.7 Å². The predicted octanol–water partition coefficient (Wildman–Crippen LogP) is 20.0. The molecule has 0 fully saturated rings. The molecule has 0 N–H and O–H groups in total. The van der Waals surface area contributed by atoms with Crippen LogP contribution in [0.4, 0.5) is 0 Å².